The van der Waals surface area contributed by atoms with E-state index in [4.69, 9.17) is 4.74 Å². The van der Waals surface area contributed by atoms with Crippen LogP contribution in [0.15, 0.2) is 47.2 Å². The van der Waals surface area contributed by atoms with Crippen molar-refractivity contribution in [3.05, 3.63) is 58.3 Å². The fraction of sp³-hybridized carbons (Fsp3) is 0.125. The smallest absolute Gasteiger partial charge is 0.176 e. The highest BCUT2D eigenvalue weighted by atomic mass is 79.9. The van der Waals surface area contributed by atoms with Gasteiger partial charge in [0.05, 0.1) is 5.92 Å². The van der Waals surface area contributed by atoms with Crippen molar-refractivity contribution < 1.29 is 9.53 Å². The third kappa shape index (κ3) is 1.96. The Hall–Kier alpha value is -2.14. The summed E-state index contributed by atoms with van der Waals surface area (Å²) in [6.07, 6.45) is 3.44. The first-order valence-electron chi connectivity index (χ1n) is 6.62. The molecule has 2 aromatic heterocycles. The number of H-pyrrole nitrogens is 1. The van der Waals surface area contributed by atoms with E-state index in [1.54, 1.807) is 12.4 Å². The number of ketones is 1. The summed E-state index contributed by atoms with van der Waals surface area (Å²) in [6, 6.07) is 9.61. The molecule has 3 aromatic rings. The van der Waals surface area contributed by atoms with Crippen LogP contribution in [0.3, 0.4) is 0 Å². The predicted octanol–water partition coefficient (Wildman–Crippen LogP) is 3.68. The average Bonchev–Trinajstić information content (AvgIpc) is 3.10. The number of ether oxygens (including phenoxy) is 1. The molecule has 3 heterocycles. The summed E-state index contributed by atoms with van der Waals surface area (Å²) >= 11 is 3.40. The predicted molar refractivity (Wildman–Crippen MR) is 82.8 cm³/mol. The van der Waals surface area contributed by atoms with E-state index in [0.717, 1.165) is 21.2 Å². The van der Waals surface area contributed by atoms with E-state index >= 15 is 0 Å². The van der Waals surface area contributed by atoms with Gasteiger partial charge in [-0.1, -0.05) is 18.2 Å². The van der Waals surface area contributed by atoms with Gasteiger partial charge in [0.15, 0.2) is 5.78 Å². The summed E-state index contributed by atoms with van der Waals surface area (Å²) in [6.45, 7) is 0.395. The highest BCUT2D eigenvalue weighted by Gasteiger charge is 2.32. The summed E-state index contributed by atoms with van der Waals surface area (Å²) in [5, 5.41) is 0.832. The number of hydrogen-bond donors (Lipinski definition) is 1. The van der Waals surface area contributed by atoms with Crippen LogP contribution in [-0.2, 0) is 0 Å². The zero-order chi connectivity index (χ0) is 14.4. The highest BCUT2D eigenvalue weighted by Crippen LogP contribution is 2.36. The van der Waals surface area contributed by atoms with Gasteiger partial charge in [-0.05, 0) is 28.1 Å². The number of nitrogens with one attached hydrogen (secondary N) is 1. The monoisotopic (exact) mass is 342 g/mol. The van der Waals surface area contributed by atoms with Crippen LogP contribution in [0.5, 0.6) is 5.75 Å². The summed E-state index contributed by atoms with van der Waals surface area (Å²) in [5.74, 6) is 0.611. The number of benzene rings is 1. The maximum atomic E-state index is 12.9. The molecule has 0 saturated heterocycles. The van der Waals surface area contributed by atoms with Crippen molar-refractivity contribution in [1.29, 1.82) is 0 Å². The van der Waals surface area contributed by atoms with Gasteiger partial charge in [0.25, 0.3) is 0 Å². The molecule has 4 rings (SSSR count). The fourth-order valence-corrected chi connectivity index (χ4v) is 3.08. The number of hydrogen-bond acceptors (Lipinski definition) is 3. The Labute approximate surface area is 129 Å². The number of pyridine rings is 1. The van der Waals surface area contributed by atoms with Crippen molar-refractivity contribution in [3.8, 4) is 5.75 Å². The van der Waals surface area contributed by atoms with Crippen molar-refractivity contribution in [2.75, 3.05) is 6.61 Å². The van der Waals surface area contributed by atoms with Gasteiger partial charge < -0.3 is 9.72 Å². The zero-order valence-electron chi connectivity index (χ0n) is 11.0. The maximum absolute atomic E-state index is 12.9. The molecule has 0 spiro atoms. The second-order valence-corrected chi connectivity index (χ2v) is 5.93. The van der Waals surface area contributed by atoms with Crippen LogP contribution in [0.2, 0.25) is 0 Å². The van der Waals surface area contributed by atoms with Crippen molar-refractivity contribution in [2.45, 2.75) is 5.92 Å². The summed E-state index contributed by atoms with van der Waals surface area (Å²) in [5.41, 5.74) is 2.33. The Morgan fingerprint density at radius 2 is 2.24 bits per heavy atom. The van der Waals surface area contributed by atoms with Crippen molar-refractivity contribution in [3.63, 3.8) is 0 Å². The number of carbonyl (C=O) groups excluding carboxylic acids is 1. The molecule has 1 unspecified atom stereocenters. The Bertz CT molecular complexity index is 856. The van der Waals surface area contributed by atoms with Crippen LogP contribution < -0.4 is 4.74 Å². The minimum Gasteiger partial charge on any atom is -0.492 e. The Kier molecular flexibility index (Phi) is 2.82. The molecule has 0 bridgehead atoms. The van der Waals surface area contributed by atoms with Crippen LogP contribution in [-0.4, -0.2) is 22.4 Å². The third-order valence-corrected chi connectivity index (χ3v) is 4.21. The number of Topliss-reactive ketones (excluding diaryl/α,β-unsaturated/α-hetero) is 1. The van der Waals surface area contributed by atoms with Gasteiger partial charge in [-0.25, -0.2) is 4.98 Å². The quantitative estimate of drug-likeness (QED) is 0.722. The fourth-order valence-electron chi connectivity index (χ4n) is 2.75. The largest absolute Gasteiger partial charge is 0.492 e. The van der Waals surface area contributed by atoms with Gasteiger partial charge in [-0.3, -0.25) is 4.79 Å². The number of aromatic amines is 1. The lowest BCUT2D eigenvalue weighted by Gasteiger charge is -2.06. The van der Waals surface area contributed by atoms with Crippen LogP contribution >= 0.6 is 15.9 Å². The Balaban J connectivity index is 1.80. The highest BCUT2D eigenvalue weighted by molar-refractivity contribution is 9.10. The van der Waals surface area contributed by atoms with E-state index in [1.807, 2.05) is 30.3 Å². The number of halogens is 1. The maximum Gasteiger partial charge on any atom is 0.176 e. The molecule has 1 atom stereocenters. The number of para-hydroxylation sites is 1. The standard InChI is InChI=1S/C16H11BrN2O2/c17-9-5-11-12(7-19-16(11)18-6-9)15(20)13-8-21-14-4-2-1-3-10(13)14/h1-7,13H,8H2,(H,18,19). The molecule has 1 aliphatic heterocycles. The molecular formula is C16H11BrN2O2. The molecule has 0 amide bonds. The van der Waals surface area contributed by atoms with Crippen LogP contribution in [0, 0.1) is 0 Å². The first-order chi connectivity index (χ1) is 10.2. The van der Waals surface area contributed by atoms with Gasteiger partial charge >= 0.3 is 0 Å². The first kappa shape index (κ1) is 12.6. The van der Waals surface area contributed by atoms with Gasteiger partial charge in [0.1, 0.15) is 18.0 Å². The van der Waals surface area contributed by atoms with E-state index in [2.05, 4.69) is 25.9 Å². The Morgan fingerprint density at radius 3 is 3.14 bits per heavy atom. The molecule has 1 N–H and O–H groups in total. The van der Waals surface area contributed by atoms with Gasteiger partial charge in [-0.2, -0.15) is 0 Å². The SMILES string of the molecule is O=C(c1c[nH]c2ncc(Br)cc12)C1COc2ccccc21. The number of carbonyl (C=O) groups is 1. The molecule has 1 aliphatic rings. The van der Waals surface area contributed by atoms with Crippen LogP contribution in [0.25, 0.3) is 11.0 Å². The second-order valence-electron chi connectivity index (χ2n) is 5.02. The molecule has 0 fully saturated rings. The summed E-state index contributed by atoms with van der Waals surface area (Å²) in [4.78, 5) is 20.2. The van der Waals surface area contributed by atoms with E-state index in [-0.39, 0.29) is 11.7 Å². The van der Waals surface area contributed by atoms with E-state index in [0.29, 0.717) is 17.8 Å². The molecule has 0 saturated carbocycles. The molecule has 1 aromatic carbocycles. The van der Waals surface area contributed by atoms with Gasteiger partial charge in [0, 0.05) is 33.4 Å². The number of nitrogens with zero attached hydrogens (tertiary/aromatic N) is 1. The third-order valence-electron chi connectivity index (χ3n) is 3.78. The molecular weight excluding hydrogens is 332 g/mol. The lowest BCUT2D eigenvalue weighted by atomic mass is 9.92. The van der Waals surface area contributed by atoms with Crippen molar-refractivity contribution in [2.24, 2.45) is 0 Å². The zero-order valence-corrected chi connectivity index (χ0v) is 12.6. The molecule has 21 heavy (non-hydrogen) atoms. The first-order valence-corrected chi connectivity index (χ1v) is 7.42. The average molecular weight is 343 g/mol. The molecule has 0 aliphatic carbocycles. The van der Waals surface area contributed by atoms with Crippen molar-refractivity contribution >= 4 is 32.7 Å². The summed E-state index contributed by atoms with van der Waals surface area (Å²) in [7, 11) is 0. The van der Waals surface area contributed by atoms with Gasteiger partial charge in [-0.15, -0.1) is 0 Å². The molecule has 104 valence electrons. The van der Waals surface area contributed by atoms with Crippen molar-refractivity contribution in [1.82, 2.24) is 9.97 Å². The van der Waals surface area contributed by atoms with Gasteiger partial charge in [0.2, 0.25) is 0 Å². The second kappa shape index (κ2) is 4.70. The molecule has 4 nitrogen and oxygen atoms in total. The minimum absolute atomic E-state index is 0.0612. The van der Waals surface area contributed by atoms with E-state index < -0.39 is 0 Å². The minimum atomic E-state index is -0.251. The Morgan fingerprint density at radius 1 is 1.38 bits per heavy atom. The lowest BCUT2D eigenvalue weighted by Crippen LogP contribution is -2.14. The number of aromatic nitrogens is 2. The number of rotatable bonds is 2. The van der Waals surface area contributed by atoms with Crippen LogP contribution in [0.4, 0.5) is 0 Å². The summed E-state index contributed by atoms with van der Waals surface area (Å²) < 4.78 is 6.46. The van der Waals surface area contributed by atoms with Crippen LogP contribution in [0.1, 0.15) is 21.8 Å². The lowest BCUT2D eigenvalue weighted by molar-refractivity contribution is 0.0949. The molecule has 5 heteroatoms. The molecule has 0 radical (unpaired) electrons. The topological polar surface area (TPSA) is 55.0 Å². The van der Waals surface area contributed by atoms with E-state index in [1.165, 1.54) is 0 Å². The number of fused-ring (bicyclic) bond motifs is 2. The van der Waals surface area contributed by atoms with E-state index in [9.17, 15) is 4.79 Å². The normalized spacial score (nSPS) is 16.7.